The molecule has 3 heterocycles. The van der Waals surface area contributed by atoms with Gasteiger partial charge in [0.2, 0.25) is 0 Å². The number of sulfonamides is 1. The lowest BCUT2D eigenvalue weighted by atomic mass is 9.99. The molecule has 0 saturated carbocycles. The van der Waals surface area contributed by atoms with Crippen LogP contribution in [0.15, 0.2) is 29.4 Å². The van der Waals surface area contributed by atoms with Gasteiger partial charge in [-0.05, 0) is 43.0 Å². The van der Waals surface area contributed by atoms with E-state index in [4.69, 9.17) is 11.6 Å². The highest BCUT2D eigenvalue weighted by Gasteiger charge is 2.29. The Balaban J connectivity index is 1.66. The van der Waals surface area contributed by atoms with Crippen LogP contribution in [0, 0.1) is 0 Å². The average molecular weight is 367 g/mol. The lowest BCUT2D eigenvalue weighted by Gasteiger charge is -2.27. The molecule has 0 amide bonds. The second-order valence-electron chi connectivity index (χ2n) is 6.24. The minimum Gasteiger partial charge on any atom is -0.385 e. The van der Waals surface area contributed by atoms with Crippen LogP contribution >= 0.6 is 11.6 Å². The van der Waals surface area contributed by atoms with E-state index in [1.807, 2.05) is 16.7 Å². The molecule has 8 heteroatoms. The van der Waals surface area contributed by atoms with Crippen molar-refractivity contribution in [3.63, 3.8) is 0 Å². The zero-order valence-corrected chi connectivity index (χ0v) is 14.7. The van der Waals surface area contributed by atoms with Gasteiger partial charge in [-0.1, -0.05) is 11.6 Å². The summed E-state index contributed by atoms with van der Waals surface area (Å²) < 4.78 is 30.5. The minimum atomic E-state index is -3.63. The number of aryl methyl sites for hydroxylation is 1. The Morgan fingerprint density at radius 3 is 3.08 bits per heavy atom. The standard InChI is InChI=1S/C16H19ClN4O2S/c17-11-4-5-13-12(9-11)14(6-7-18-13)20-24(22,23)16-10-19-15-3-1-2-8-21(15)16/h4-5,9-10,14,18,20H,1-3,6-8H2. The summed E-state index contributed by atoms with van der Waals surface area (Å²) in [5, 5.41) is 4.14. The number of imidazole rings is 1. The van der Waals surface area contributed by atoms with Crippen LogP contribution in [0.3, 0.4) is 0 Å². The van der Waals surface area contributed by atoms with Crippen molar-refractivity contribution < 1.29 is 8.42 Å². The third kappa shape index (κ3) is 2.81. The first-order valence-electron chi connectivity index (χ1n) is 8.15. The Kier molecular flexibility index (Phi) is 4.02. The van der Waals surface area contributed by atoms with Gasteiger partial charge >= 0.3 is 0 Å². The van der Waals surface area contributed by atoms with Gasteiger partial charge in [0.15, 0.2) is 5.03 Å². The fourth-order valence-electron chi connectivity index (χ4n) is 3.46. The highest BCUT2D eigenvalue weighted by molar-refractivity contribution is 7.89. The van der Waals surface area contributed by atoms with Crippen molar-refractivity contribution in [3.05, 3.63) is 40.8 Å². The highest BCUT2D eigenvalue weighted by atomic mass is 35.5. The first-order chi connectivity index (χ1) is 11.5. The van der Waals surface area contributed by atoms with Crippen LogP contribution in [-0.4, -0.2) is 24.5 Å². The normalized spacial score (nSPS) is 20.1. The van der Waals surface area contributed by atoms with Gasteiger partial charge in [0.05, 0.1) is 12.2 Å². The SMILES string of the molecule is O=S(=O)(NC1CCNc2ccc(Cl)cc21)c1cnc2n1CCCC2. The number of benzene rings is 1. The fraction of sp³-hybridized carbons (Fsp3) is 0.438. The molecule has 2 aliphatic heterocycles. The van der Waals surface area contributed by atoms with Gasteiger partial charge in [-0.15, -0.1) is 0 Å². The van der Waals surface area contributed by atoms with Gasteiger partial charge in [0.25, 0.3) is 10.0 Å². The molecule has 128 valence electrons. The monoisotopic (exact) mass is 366 g/mol. The number of hydrogen-bond donors (Lipinski definition) is 2. The zero-order valence-electron chi connectivity index (χ0n) is 13.1. The molecule has 1 atom stereocenters. The largest absolute Gasteiger partial charge is 0.385 e. The molecule has 0 saturated heterocycles. The van der Waals surface area contributed by atoms with Crippen molar-refractivity contribution in [3.8, 4) is 0 Å². The van der Waals surface area contributed by atoms with Crippen LogP contribution < -0.4 is 10.0 Å². The van der Waals surface area contributed by atoms with Gasteiger partial charge in [0.1, 0.15) is 5.82 Å². The smallest absolute Gasteiger partial charge is 0.258 e. The zero-order chi connectivity index (χ0) is 16.7. The van der Waals surface area contributed by atoms with Crippen LogP contribution in [0.1, 0.15) is 36.7 Å². The number of anilines is 1. The third-order valence-electron chi connectivity index (χ3n) is 4.64. The van der Waals surface area contributed by atoms with E-state index in [2.05, 4.69) is 15.0 Å². The molecule has 2 aromatic rings. The Labute approximate surface area is 146 Å². The second-order valence-corrected chi connectivity index (χ2v) is 8.34. The maximum Gasteiger partial charge on any atom is 0.258 e. The molecular formula is C16H19ClN4O2S. The van der Waals surface area contributed by atoms with Crippen LogP contribution in [-0.2, 0) is 23.0 Å². The summed E-state index contributed by atoms with van der Waals surface area (Å²) >= 11 is 6.09. The van der Waals surface area contributed by atoms with Crippen molar-refractivity contribution in [2.75, 3.05) is 11.9 Å². The van der Waals surface area contributed by atoms with E-state index >= 15 is 0 Å². The lowest BCUT2D eigenvalue weighted by Crippen LogP contribution is -2.34. The summed E-state index contributed by atoms with van der Waals surface area (Å²) in [5.41, 5.74) is 1.81. The third-order valence-corrected chi connectivity index (χ3v) is 6.35. The van der Waals surface area contributed by atoms with Crippen LogP contribution in [0.2, 0.25) is 5.02 Å². The highest BCUT2D eigenvalue weighted by Crippen LogP contribution is 2.33. The molecule has 0 radical (unpaired) electrons. The molecule has 24 heavy (non-hydrogen) atoms. The quantitative estimate of drug-likeness (QED) is 0.875. The summed E-state index contributed by atoms with van der Waals surface area (Å²) in [5.74, 6) is 0.857. The Morgan fingerprint density at radius 2 is 2.21 bits per heavy atom. The second kappa shape index (κ2) is 6.06. The average Bonchev–Trinajstić information content (AvgIpc) is 3.00. The van der Waals surface area contributed by atoms with Crippen LogP contribution in [0.4, 0.5) is 5.69 Å². The van der Waals surface area contributed by atoms with Crippen molar-refractivity contribution in [2.45, 2.75) is 43.3 Å². The number of nitrogens with zero attached hydrogens (tertiary/aromatic N) is 2. The summed E-state index contributed by atoms with van der Waals surface area (Å²) in [6.45, 7) is 1.42. The molecular weight excluding hydrogens is 348 g/mol. The van der Waals surface area contributed by atoms with Crippen molar-refractivity contribution >= 4 is 27.3 Å². The predicted octanol–water partition coefficient (Wildman–Crippen LogP) is 2.71. The summed E-state index contributed by atoms with van der Waals surface area (Å²) in [6.07, 6.45) is 5.03. The molecule has 2 aliphatic rings. The van der Waals surface area contributed by atoms with Crippen LogP contribution in [0.5, 0.6) is 0 Å². The molecule has 0 fully saturated rings. The van der Waals surface area contributed by atoms with E-state index in [9.17, 15) is 8.42 Å². The van der Waals surface area contributed by atoms with E-state index in [0.717, 1.165) is 36.3 Å². The van der Waals surface area contributed by atoms with E-state index in [-0.39, 0.29) is 11.1 Å². The molecule has 4 rings (SSSR count). The van der Waals surface area contributed by atoms with Crippen molar-refractivity contribution in [1.29, 1.82) is 0 Å². The van der Waals surface area contributed by atoms with Gasteiger partial charge in [-0.25, -0.2) is 18.1 Å². The molecule has 1 aromatic carbocycles. The molecule has 1 aromatic heterocycles. The predicted molar refractivity (Wildman–Crippen MR) is 92.8 cm³/mol. The Bertz CT molecular complexity index is 878. The maximum absolute atomic E-state index is 12.9. The van der Waals surface area contributed by atoms with Gasteiger partial charge in [-0.2, -0.15) is 0 Å². The Hall–Kier alpha value is -1.57. The first kappa shape index (κ1) is 15.9. The summed E-state index contributed by atoms with van der Waals surface area (Å²) in [6, 6.07) is 5.22. The van der Waals surface area contributed by atoms with E-state index in [0.29, 0.717) is 24.5 Å². The minimum absolute atomic E-state index is 0.263. The van der Waals surface area contributed by atoms with E-state index in [1.165, 1.54) is 6.20 Å². The van der Waals surface area contributed by atoms with Crippen LogP contribution in [0.25, 0.3) is 0 Å². The van der Waals surface area contributed by atoms with E-state index in [1.54, 1.807) is 6.07 Å². The summed E-state index contributed by atoms with van der Waals surface area (Å²) in [4.78, 5) is 4.28. The number of nitrogens with one attached hydrogen (secondary N) is 2. The fourth-order valence-corrected chi connectivity index (χ4v) is 5.06. The number of hydrogen-bond acceptors (Lipinski definition) is 4. The maximum atomic E-state index is 12.9. The molecule has 1 unspecified atom stereocenters. The topological polar surface area (TPSA) is 76.0 Å². The first-order valence-corrected chi connectivity index (χ1v) is 10.0. The number of halogens is 1. The number of fused-ring (bicyclic) bond motifs is 2. The lowest BCUT2D eigenvalue weighted by molar-refractivity contribution is 0.479. The summed E-state index contributed by atoms with van der Waals surface area (Å²) in [7, 11) is -3.63. The van der Waals surface area contributed by atoms with E-state index < -0.39 is 10.0 Å². The van der Waals surface area contributed by atoms with Gasteiger partial charge < -0.3 is 9.88 Å². The van der Waals surface area contributed by atoms with Crippen molar-refractivity contribution in [2.24, 2.45) is 0 Å². The molecule has 6 nitrogen and oxygen atoms in total. The number of rotatable bonds is 3. The molecule has 2 N–H and O–H groups in total. The van der Waals surface area contributed by atoms with Crippen molar-refractivity contribution in [1.82, 2.24) is 14.3 Å². The number of aromatic nitrogens is 2. The van der Waals surface area contributed by atoms with Gasteiger partial charge in [-0.3, -0.25) is 0 Å². The molecule has 0 spiro atoms. The Morgan fingerprint density at radius 1 is 1.33 bits per heavy atom. The van der Waals surface area contributed by atoms with Gasteiger partial charge in [0, 0.05) is 30.2 Å². The molecule has 0 aliphatic carbocycles. The molecule has 0 bridgehead atoms.